The predicted octanol–water partition coefficient (Wildman–Crippen LogP) is 4.13. The van der Waals surface area contributed by atoms with Crippen molar-refractivity contribution in [3.05, 3.63) is 54.1 Å². The Morgan fingerprint density at radius 1 is 1.16 bits per heavy atom. The van der Waals surface area contributed by atoms with E-state index >= 15 is 0 Å². The normalized spacial score (nSPS) is 11.2. The Morgan fingerprint density at radius 3 is 2.60 bits per heavy atom. The molecule has 0 saturated carbocycles. The van der Waals surface area contributed by atoms with Crippen molar-refractivity contribution >= 4 is 22.6 Å². The molecule has 0 unspecified atom stereocenters. The fraction of sp³-hybridized carbons (Fsp3) is 0.111. The molecule has 1 heterocycles. The smallest absolute Gasteiger partial charge is 0.260 e. The second-order valence-electron chi connectivity index (χ2n) is 5.11. The summed E-state index contributed by atoms with van der Waals surface area (Å²) in [5, 5.41) is 15.9. The third kappa shape index (κ3) is 3.70. The van der Waals surface area contributed by atoms with E-state index in [1.165, 1.54) is 11.8 Å². The van der Waals surface area contributed by atoms with Crippen molar-refractivity contribution in [1.82, 2.24) is 15.5 Å². The van der Waals surface area contributed by atoms with E-state index < -0.39 is 0 Å². The molecule has 124 valence electrons. The summed E-state index contributed by atoms with van der Waals surface area (Å²) < 4.78 is 5.45. The van der Waals surface area contributed by atoms with Gasteiger partial charge >= 0.3 is 0 Å². The third-order valence-corrected chi connectivity index (χ3v) is 4.10. The van der Waals surface area contributed by atoms with Crippen LogP contribution in [0.1, 0.15) is 5.56 Å². The lowest BCUT2D eigenvalue weighted by atomic mass is 10.1. The van der Waals surface area contributed by atoms with E-state index in [9.17, 15) is 0 Å². The molecule has 1 N–H and O–H groups in total. The maximum Gasteiger partial charge on any atom is 0.260 e. The van der Waals surface area contributed by atoms with Crippen molar-refractivity contribution in [2.75, 3.05) is 6.26 Å². The lowest BCUT2D eigenvalue weighted by molar-refractivity contribution is 0.432. The molecule has 0 aliphatic rings. The van der Waals surface area contributed by atoms with E-state index in [1.807, 2.05) is 67.9 Å². The van der Waals surface area contributed by atoms with Gasteiger partial charge in [0, 0.05) is 5.56 Å². The molecular formula is C18H15N5OS. The molecule has 6 nitrogen and oxygen atoms in total. The molecule has 0 saturated heterocycles. The Kier molecular flexibility index (Phi) is 5.11. The van der Waals surface area contributed by atoms with E-state index in [2.05, 4.69) is 20.4 Å². The monoisotopic (exact) mass is 349 g/mol. The number of aryl methyl sites for hydroxylation is 1. The second kappa shape index (κ2) is 7.64. The lowest BCUT2D eigenvalue weighted by Gasteiger charge is -2.03. The predicted molar refractivity (Wildman–Crippen MR) is 99.3 cm³/mol. The number of rotatable bonds is 3. The number of hydrogen-bond donors (Lipinski definition) is 1. The Balaban J connectivity index is 2.02. The Labute approximate surface area is 149 Å². The molecule has 1 aromatic heterocycles. The second-order valence-corrected chi connectivity index (χ2v) is 5.91. The zero-order valence-electron chi connectivity index (χ0n) is 13.7. The van der Waals surface area contributed by atoms with Crippen molar-refractivity contribution in [2.45, 2.75) is 6.92 Å². The van der Waals surface area contributed by atoms with Gasteiger partial charge in [0.05, 0.1) is 11.3 Å². The standard InChI is InChI=1S/C18H15N5OS/c1-12-7-3-4-8-13(12)16-22-17(24-23-16)14-9-5-6-10-15(14)21-18(25-2)20-11-19/h3-10H,1-2H3,(H,20,21). The molecule has 0 bridgehead atoms. The fourth-order valence-corrected chi connectivity index (χ4v) is 2.64. The van der Waals surface area contributed by atoms with Crippen LogP contribution in [0.25, 0.3) is 22.8 Å². The highest BCUT2D eigenvalue weighted by atomic mass is 32.2. The molecule has 0 aliphatic heterocycles. The number of amidine groups is 1. The van der Waals surface area contributed by atoms with Crippen LogP contribution in [0, 0.1) is 18.4 Å². The van der Waals surface area contributed by atoms with Gasteiger partial charge in [0.15, 0.2) is 11.4 Å². The summed E-state index contributed by atoms with van der Waals surface area (Å²) in [5.41, 5.74) is 3.36. The molecular weight excluding hydrogens is 334 g/mol. The summed E-state index contributed by atoms with van der Waals surface area (Å²) in [5.74, 6) is 0.919. The number of aromatic nitrogens is 2. The van der Waals surface area contributed by atoms with E-state index in [4.69, 9.17) is 9.78 Å². The summed E-state index contributed by atoms with van der Waals surface area (Å²) in [6.07, 6.45) is 3.72. The van der Waals surface area contributed by atoms with Crippen LogP contribution in [0.2, 0.25) is 0 Å². The van der Waals surface area contributed by atoms with Gasteiger partial charge < -0.3 is 4.52 Å². The number of thioether (sulfide) groups is 1. The number of nitriles is 1. The highest BCUT2D eigenvalue weighted by Gasteiger charge is 2.15. The number of nitrogens with one attached hydrogen (secondary N) is 1. The average Bonchev–Trinajstić information content (AvgIpc) is 3.12. The lowest BCUT2D eigenvalue weighted by Crippen LogP contribution is -2.12. The first kappa shape index (κ1) is 16.7. The van der Waals surface area contributed by atoms with Gasteiger partial charge in [-0.15, -0.1) is 0 Å². The Bertz CT molecular complexity index is 958. The molecule has 3 aromatic rings. The molecule has 0 spiro atoms. The van der Waals surface area contributed by atoms with Crippen molar-refractivity contribution < 1.29 is 4.52 Å². The first-order valence-corrected chi connectivity index (χ1v) is 8.72. The zero-order valence-corrected chi connectivity index (χ0v) is 14.5. The van der Waals surface area contributed by atoms with Crippen LogP contribution < -0.4 is 5.32 Å². The van der Waals surface area contributed by atoms with Crippen molar-refractivity contribution in [3.8, 4) is 29.0 Å². The minimum absolute atomic E-state index is 0.384. The molecule has 0 amide bonds. The molecule has 0 fully saturated rings. The van der Waals surface area contributed by atoms with Crippen LogP contribution in [0.5, 0.6) is 0 Å². The van der Waals surface area contributed by atoms with E-state index in [0.29, 0.717) is 28.1 Å². The molecule has 3 rings (SSSR count). The van der Waals surface area contributed by atoms with Gasteiger partial charge in [0.25, 0.3) is 5.89 Å². The highest BCUT2D eigenvalue weighted by molar-refractivity contribution is 8.13. The topological polar surface area (TPSA) is 87.1 Å². The van der Waals surface area contributed by atoms with Crippen LogP contribution >= 0.6 is 11.8 Å². The maximum atomic E-state index is 8.79. The minimum Gasteiger partial charge on any atom is -0.334 e. The molecule has 0 aliphatic carbocycles. The number of aliphatic imine (C=N–C) groups is 1. The van der Waals surface area contributed by atoms with Gasteiger partial charge in [-0.1, -0.05) is 53.3 Å². The number of benzene rings is 2. The van der Waals surface area contributed by atoms with Crippen LogP contribution in [-0.4, -0.2) is 21.6 Å². The molecule has 25 heavy (non-hydrogen) atoms. The Morgan fingerprint density at radius 2 is 1.88 bits per heavy atom. The summed E-state index contributed by atoms with van der Waals surface area (Å²) >= 11 is 1.35. The number of para-hydroxylation sites is 1. The van der Waals surface area contributed by atoms with Crippen LogP contribution in [0.15, 0.2) is 58.0 Å². The van der Waals surface area contributed by atoms with Gasteiger partial charge in [-0.2, -0.15) is 10.2 Å². The van der Waals surface area contributed by atoms with Gasteiger partial charge in [-0.25, -0.2) is 4.99 Å². The van der Waals surface area contributed by atoms with Crippen LogP contribution in [0.3, 0.4) is 0 Å². The fourth-order valence-electron chi connectivity index (χ4n) is 2.30. The SMILES string of the molecule is CSC(=Nc1ccccc1-c1nc(-c2ccccc2C)no1)NC#N. The maximum absolute atomic E-state index is 8.79. The highest BCUT2D eigenvalue weighted by Crippen LogP contribution is 2.31. The average molecular weight is 349 g/mol. The van der Waals surface area contributed by atoms with Gasteiger partial charge in [-0.3, -0.25) is 5.32 Å². The first-order valence-electron chi connectivity index (χ1n) is 7.50. The van der Waals surface area contributed by atoms with E-state index in [1.54, 1.807) is 0 Å². The molecule has 0 atom stereocenters. The van der Waals surface area contributed by atoms with Gasteiger partial charge in [0.2, 0.25) is 5.82 Å². The first-order chi connectivity index (χ1) is 12.2. The largest absolute Gasteiger partial charge is 0.334 e. The van der Waals surface area contributed by atoms with Crippen molar-refractivity contribution in [3.63, 3.8) is 0 Å². The number of hydrogen-bond acceptors (Lipinski definition) is 6. The summed E-state index contributed by atoms with van der Waals surface area (Å²) in [4.78, 5) is 8.97. The van der Waals surface area contributed by atoms with Crippen LogP contribution in [-0.2, 0) is 0 Å². The zero-order chi connectivity index (χ0) is 17.6. The van der Waals surface area contributed by atoms with Crippen molar-refractivity contribution in [1.29, 1.82) is 5.26 Å². The van der Waals surface area contributed by atoms with E-state index in [-0.39, 0.29) is 0 Å². The van der Waals surface area contributed by atoms with Crippen molar-refractivity contribution in [2.24, 2.45) is 4.99 Å². The Hall–Kier alpha value is -3.11. The summed E-state index contributed by atoms with van der Waals surface area (Å²) in [6.45, 7) is 2.00. The molecule has 7 heteroatoms. The molecule has 0 radical (unpaired) electrons. The number of nitrogens with zero attached hydrogens (tertiary/aromatic N) is 4. The quantitative estimate of drug-likeness (QED) is 0.331. The summed E-state index contributed by atoms with van der Waals surface area (Å²) in [6, 6.07) is 15.3. The van der Waals surface area contributed by atoms with E-state index in [0.717, 1.165) is 11.1 Å². The minimum atomic E-state index is 0.384. The summed E-state index contributed by atoms with van der Waals surface area (Å²) in [7, 11) is 0. The molecule has 2 aromatic carbocycles. The van der Waals surface area contributed by atoms with Gasteiger partial charge in [0.1, 0.15) is 0 Å². The van der Waals surface area contributed by atoms with Crippen LogP contribution in [0.4, 0.5) is 5.69 Å². The van der Waals surface area contributed by atoms with Gasteiger partial charge in [-0.05, 0) is 30.9 Å². The third-order valence-electron chi connectivity index (χ3n) is 3.52.